The Morgan fingerprint density at radius 3 is 2.43 bits per heavy atom. The molecule has 0 fully saturated rings. The first-order valence-corrected chi connectivity index (χ1v) is 7.73. The van der Waals surface area contributed by atoms with Crippen molar-refractivity contribution in [3.8, 4) is 0 Å². The molecule has 0 saturated heterocycles. The van der Waals surface area contributed by atoms with Gasteiger partial charge in [-0.3, -0.25) is 14.6 Å². The molecular formula is C16H24ClN3O3. The zero-order chi connectivity index (χ0) is 17.6. The highest BCUT2D eigenvalue weighted by molar-refractivity contribution is 6.30. The van der Waals surface area contributed by atoms with Gasteiger partial charge in [0, 0.05) is 24.3 Å². The molecule has 1 aromatic rings. The number of carbonyl (C=O) groups is 2. The number of ether oxygens (including phenoxy) is 1. The van der Waals surface area contributed by atoms with Crippen molar-refractivity contribution in [2.45, 2.75) is 26.4 Å². The third kappa shape index (κ3) is 7.43. The average molecular weight is 342 g/mol. The molecule has 0 spiro atoms. The Morgan fingerprint density at radius 2 is 1.91 bits per heavy atom. The van der Waals surface area contributed by atoms with Gasteiger partial charge >= 0.3 is 5.97 Å². The molecule has 1 heterocycles. The van der Waals surface area contributed by atoms with Crippen LogP contribution >= 0.6 is 11.6 Å². The number of aromatic nitrogens is 1. The molecule has 0 N–H and O–H groups in total. The minimum Gasteiger partial charge on any atom is -0.459 e. The van der Waals surface area contributed by atoms with Gasteiger partial charge in [-0.1, -0.05) is 11.6 Å². The summed E-state index contributed by atoms with van der Waals surface area (Å²) in [7, 11) is 3.79. The molecule has 0 bridgehead atoms. The van der Waals surface area contributed by atoms with Crippen molar-refractivity contribution in [2.24, 2.45) is 0 Å². The zero-order valence-corrected chi connectivity index (χ0v) is 15.1. The second kappa shape index (κ2) is 8.26. The van der Waals surface area contributed by atoms with Crippen molar-refractivity contribution in [1.82, 2.24) is 14.8 Å². The van der Waals surface area contributed by atoms with Gasteiger partial charge in [0.15, 0.2) is 0 Å². The Kier molecular flexibility index (Phi) is 6.97. The van der Waals surface area contributed by atoms with E-state index in [2.05, 4.69) is 4.98 Å². The third-order valence-corrected chi connectivity index (χ3v) is 3.02. The topological polar surface area (TPSA) is 62.7 Å². The quantitative estimate of drug-likeness (QED) is 0.741. The van der Waals surface area contributed by atoms with Gasteiger partial charge in [0.25, 0.3) is 5.91 Å². The van der Waals surface area contributed by atoms with Gasteiger partial charge in [-0.05, 0) is 47.0 Å². The SMILES string of the molecule is CN(C)CCN(CC(=O)OC(C)(C)C)C(=O)c1cc(Cl)ccn1. The van der Waals surface area contributed by atoms with Gasteiger partial charge in [-0.25, -0.2) is 0 Å². The highest BCUT2D eigenvalue weighted by Crippen LogP contribution is 2.12. The van der Waals surface area contributed by atoms with Crippen molar-refractivity contribution in [3.63, 3.8) is 0 Å². The number of hydrogen-bond acceptors (Lipinski definition) is 5. The smallest absolute Gasteiger partial charge is 0.326 e. The third-order valence-electron chi connectivity index (χ3n) is 2.79. The summed E-state index contributed by atoms with van der Waals surface area (Å²) >= 11 is 5.90. The Morgan fingerprint density at radius 1 is 1.26 bits per heavy atom. The van der Waals surface area contributed by atoms with Crippen molar-refractivity contribution in [2.75, 3.05) is 33.7 Å². The fourth-order valence-corrected chi connectivity index (χ4v) is 1.95. The molecule has 0 radical (unpaired) electrons. The standard InChI is InChI=1S/C16H24ClN3O3/c1-16(2,3)23-14(21)11-20(9-8-19(4)5)15(22)13-10-12(17)6-7-18-13/h6-7,10H,8-9,11H2,1-5H3. The first-order chi connectivity index (χ1) is 10.6. The van der Waals surface area contributed by atoms with Crippen LogP contribution < -0.4 is 0 Å². The molecule has 0 aliphatic heterocycles. The lowest BCUT2D eigenvalue weighted by Gasteiger charge is -2.26. The number of pyridine rings is 1. The molecule has 0 atom stereocenters. The highest BCUT2D eigenvalue weighted by atomic mass is 35.5. The minimum absolute atomic E-state index is 0.127. The van der Waals surface area contributed by atoms with Crippen molar-refractivity contribution < 1.29 is 14.3 Å². The van der Waals surface area contributed by atoms with Gasteiger partial charge in [-0.2, -0.15) is 0 Å². The fraction of sp³-hybridized carbons (Fsp3) is 0.562. The molecule has 1 rings (SSSR count). The molecule has 0 unspecified atom stereocenters. The van der Waals surface area contributed by atoms with E-state index in [1.807, 2.05) is 19.0 Å². The van der Waals surface area contributed by atoms with E-state index in [9.17, 15) is 9.59 Å². The molecule has 23 heavy (non-hydrogen) atoms. The van der Waals surface area contributed by atoms with E-state index in [1.54, 1.807) is 26.8 Å². The summed E-state index contributed by atoms with van der Waals surface area (Å²) in [5.41, 5.74) is -0.387. The minimum atomic E-state index is -0.596. The molecule has 6 nitrogen and oxygen atoms in total. The molecule has 1 amide bonds. The van der Waals surface area contributed by atoms with Crippen LogP contribution in [0.25, 0.3) is 0 Å². The molecule has 1 aromatic heterocycles. The molecule has 0 aliphatic rings. The van der Waals surface area contributed by atoms with E-state index >= 15 is 0 Å². The number of hydrogen-bond donors (Lipinski definition) is 0. The second-order valence-corrected chi connectivity index (χ2v) is 6.91. The van der Waals surface area contributed by atoms with Crippen LogP contribution in [0.2, 0.25) is 5.02 Å². The lowest BCUT2D eigenvalue weighted by molar-refractivity contribution is -0.155. The molecule has 0 aliphatic carbocycles. The largest absolute Gasteiger partial charge is 0.459 e. The van der Waals surface area contributed by atoms with E-state index in [1.165, 1.54) is 17.2 Å². The first kappa shape index (κ1) is 19.4. The number of esters is 1. The summed E-state index contributed by atoms with van der Waals surface area (Å²) in [4.78, 5) is 32.0. The predicted octanol–water partition coefficient (Wildman–Crippen LogP) is 2.08. The van der Waals surface area contributed by atoms with E-state index < -0.39 is 11.6 Å². The van der Waals surface area contributed by atoms with Crippen LogP contribution in [0.3, 0.4) is 0 Å². The molecule has 0 saturated carbocycles. The van der Waals surface area contributed by atoms with Crippen LogP contribution in [0.5, 0.6) is 0 Å². The summed E-state index contributed by atoms with van der Waals surface area (Å²) in [6.07, 6.45) is 1.47. The Bertz CT molecular complexity index is 556. The van der Waals surface area contributed by atoms with E-state index in [0.29, 0.717) is 18.1 Å². The zero-order valence-electron chi connectivity index (χ0n) is 14.3. The van der Waals surface area contributed by atoms with Crippen molar-refractivity contribution >= 4 is 23.5 Å². The maximum atomic E-state index is 12.6. The number of amides is 1. The Balaban J connectivity index is 2.87. The summed E-state index contributed by atoms with van der Waals surface area (Å²) < 4.78 is 5.29. The van der Waals surface area contributed by atoms with Crippen molar-refractivity contribution in [1.29, 1.82) is 0 Å². The number of nitrogens with zero attached hydrogens (tertiary/aromatic N) is 3. The first-order valence-electron chi connectivity index (χ1n) is 7.36. The van der Waals surface area contributed by atoms with E-state index in [-0.39, 0.29) is 18.1 Å². The van der Waals surface area contributed by atoms with Crippen LogP contribution in [-0.4, -0.2) is 66.0 Å². The van der Waals surface area contributed by atoms with Gasteiger partial charge < -0.3 is 14.5 Å². The van der Waals surface area contributed by atoms with Gasteiger partial charge in [0.05, 0.1) is 0 Å². The average Bonchev–Trinajstić information content (AvgIpc) is 2.40. The normalized spacial score (nSPS) is 11.4. The lowest BCUT2D eigenvalue weighted by atomic mass is 10.2. The summed E-state index contributed by atoms with van der Waals surface area (Å²) in [6.45, 7) is 6.24. The number of halogens is 1. The Hall–Kier alpha value is -1.66. The number of carbonyl (C=O) groups excluding carboxylic acids is 2. The second-order valence-electron chi connectivity index (χ2n) is 6.48. The van der Waals surface area contributed by atoms with E-state index in [4.69, 9.17) is 16.3 Å². The van der Waals surface area contributed by atoms with Crippen LogP contribution in [0, 0.1) is 0 Å². The molecular weight excluding hydrogens is 318 g/mol. The summed E-state index contributed by atoms with van der Waals surface area (Å²) in [5, 5.41) is 0.424. The highest BCUT2D eigenvalue weighted by Gasteiger charge is 2.23. The summed E-state index contributed by atoms with van der Waals surface area (Å²) in [5.74, 6) is -0.799. The van der Waals surface area contributed by atoms with Crippen LogP contribution in [0.15, 0.2) is 18.3 Å². The molecule has 7 heteroatoms. The maximum Gasteiger partial charge on any atom is 0.326 e. The summed E-state index contributed by atoms with van der Waals surface area (Å²) in [6, 6.07) is 3.08. The van der Waals surface area contributed by atoms with E-state index in [0.717, 1.165) is 0 Å². The predicted molar refractivity (Wildman–Crippen MR) is 89.5 cm³/mol. The number of likely N-dealkylation sites (N-methyl/N-ethyl adjacent to an activating group) is 1. The number of rotatable bonds is 6. The monoisotopic (exact) mass is 341 g/mol. The van der Waals surface area contributed by atoms with Crippen LogP contribution in [0.1, 0.15) is 31.3 Å². The fourth-order valence-electron chi connectivity index (χ4n) is 1.79. The van der Waals surface area contributed by atoms with Crippen LogP contribution in [0.4, 0.5) is 0 Å². The molecule has 0 aromatic carbocycles. The maximum absolute atomic E-state index is 12.6. The van der Waals surface area contributed by atoms with Crippen LogP contribution in [-0.2, 0) is 9.53 Å². The lowest BCUT2D eigenvalue weighted by Crippen LogP contribution is -2.42. The van der Waals surface area contributed by atoms with Crippen molar-refractivity contribution in [3.05, 3.63) is 29.0 Å². The molecule has 128 valence electrons. The Labute approximate surface area is 142 Å². The van der Waals surface area contributed by atoms with Gasteiger partial charge in [0.1, 0.15) is 17.8 Å². The van der Waals surface area contributed by atoms with Gasteiger partial charge in [0.2, 0.25) is 0 Å². The van der Waals surface area contributed by atoms with Gasteiger partial charge in [-0.15, -0.1) is 0 Å².